The molecular formula is C13H14N2O. The minimum absolute atomic E-state index is 0.0311. The SMILES string of the molecule is N#Cc1ccc(C(=O)NC2CCCC2)cc1. The molecule has 1 fully saturated rings. The molecule has 0 aromatic heterocycles. The van der Waals surface area contributed by atoms with Crippen molar-refractivity contribution in [3.05, 3.63) is 35.4 Å². The predicted molar refractivity (Wildman–Crippen MR) is 60.9 cm³/mol. The number of benzene rings is 1. The molecule has 1 aromatic rings. The Balaban J connectivity index is 2.00. The number of carbonyl (C=O) groups is 1. The van der Waals surface area contributed by atoms with Gasteiger partial charge in [0, 0.05) is 11.6 Å². The Morgan fingerprint density at radius 2 is 1.88 bits per heavy atom. The maximum Gasteiger partial charge on any atom is 0.251 e. The van der Waals surface area contributed by atoms with Crippen molar-refractivity contribution < 1.29 is 4.79 Å². The quantitative estimate of drug-likeness (QED) is 0.820. The zero-order valence-electron chi connectivity index (χ0n) is 9.07. The van der Waals surface area contributed by atoms with E-state index in [1.54, 1.807) is 24.3 Å². The van der Waals surface area contributed by atoms with Crippen LogP contribution in [-0.2, 0) is 0 Å². The van der Waals surface area contributed by atoms with Crippen LogP contribution in [0.1, 0.15) is 41.6 Å². The van der Waals surface area contributed by atoms with Crippen LogP contribution in [0.2, 0.25) is 0 Å². The first kappa shape index (κ1) is 10.7. The Kier molecular flexibility index (Phi) is 3.21. The molecule has 0 spiro atoms. The summed E-state index contributed by atoms with van der Waals surface area (Å²) in [6.07, 6.45) is 4.58. The largest absolute Gasteiger partial charge is 0.349 e. The van der Waals surface area contributed by atoms with Crippen molar-refractivity contribution in [1.82, 2.24) is 5.32 Å². The normalized spacial score (nSPS) is 15.7. The third-order valence-corrected chi connectivity index (χ3v) is 2.97. The number of nitrogens with one attached hydrogen (secondary N) is 1. The van der Waals surface area contributed by atoms with Crippen molar-refractivity contribution in [2.24, 2.45) is 0 Å². The molecular weight excluding hydrogens is 200 g/mol. The average molecular weight is 214 g/mol. The predicted octanol–water partition coefficient (Wildman–Crippen LogP) is 2.23. The molecule has 1 aromatic carbocycles. The van der Waals surface area contributed by atoms with Crippen LogP contribution >= 0.6 is 0 Å². The summed E-state index contributed by atoms with van der Waals surface area (Å²) in [5.41, 5.74) is 1.21. The lowest BCUT2D eigenvalue weighted by Crippen LogP contribution is -2.32. The first-order valence-corrected chi connectivity index (χ1v) is 5.60. The highest BCUT2D eigenvalue weighted by atomic mass is 16.1. The van der Waals surface area contributed by atoms with E-state index in [-0.39, 0.29) is 5.91 Å². The van der Waals surface area contributed by atoms with E-state index >= 15 is 0 Å². The Labute approximate surface area is 95.1 Å². The molecule has 3 nitrogen and oxygen atoms in total. The smallest absolute Gasteiger partial charge is 0.251 e. The van der Waals surface area contributed by atoms with Gasteiger partial charge in [-0.15, -0.1) is 0 Å². The summed E-state index contributed by atoms with van der Waals surface area (Å²) in [4.78, 5) is 11.8. The fraction of sp³-hybridized carbons (Fsp3) is 0.385. The number of rotatable bonds is 2. The highest BCUT2D eigenvalue weighted by molar-refractivity contribution is 5.94. The molecule has 0 saturated heterocycles. The van der Waals surface area contributed by atoms with Gasteiger partial charge in [0.05, 0.1) is 11.6 Å². The minimum atomic E-state index is -0.0311. The summed E-state index contributed by atoms with van der Waals surface area (Å²) in [5.74, 6) is -0.0311. The van der Waals surface area contributed by atoms with Gasteiger partial charge in [0.15, 0.2) is 0 Å². The van der Waals surface area contributed by atoms with Crippen LogP contribution in [0.4, 0.5) is 0 Å². The summed E-state index contributed by atoms with van der Waals surface area (Å²) in [7, 11) is 0. The molecule has 1 aliphatic carbocycles. The highest BCUT2D eigenvalue weighted by Gasteiger charge is 2.17. The van der Waals surface area contributed by atoms with E-state index < -0.39 is 0 Å². The van der Waals surface area contributed by atoms with E-state index in [2.05, 4.69) is 5.32 Å². The molecule has 16 heavy (non-hydrogen) atoms. The number of nitriles is 1. The lowest BCUT2D eigenvalue weighted by atomic mass is 10.1. The number of carbonyl (C=O) groups excluding carboxylic acids is 1. The van der Waals surface area contributed by atoms with Crippen LogP contribution < -0.4 is 5.32 Å². The van der Waals surface area contributed by atoms with Gasteiger partial charge in [-0.2, -0.15) is 5.26 Å². The fourth-order valence-electron chi connectivity index (χ4n) is 2.04. The van der Waals surface area contributed by atoms with E-state index in [9.17, 15) is 4.79 Å². The molecule has 1 N–H and O–H groups in total. The summed E-state index contributed by atoms with van der Waals surface area (Å²) in [6, 6.07) is 9.11. The van der Waals surface area contributed by atoms with E-state index in [4.69, 9.17) is 5.26 Å². The molecule has 1 aliphatic rings. The summed E-state index contributed by atoms with van der Waals surface area (Å²) >= 11 is 0. The Morgan fingerprint density at radius 3 is 2.44 bits per heavy atom. The van der Waals surface area contributed by atoms with E-state index in [1.807, 2.05) is 6.07 Å². The van der Waals surface area contributed by atoms with Gasteiger partial charge in [-0.05, 0) is 37.1 Å². The molecule has 1 amide bonds. The van der Waals surface area contributed by atoms with Gasteiger partial charge in [0.2, 0.25) is 0 Å². The number of amides is 1. The molecule has 0 atom stereocenters. The second kappa shape index (κ2) is 4.80. The number of nitrogens with zero attached hydrogens (tertiary/aromatic N) is 1. The van der Waals surface area contributed by atoms with Crippen molar-refractivity contribution >= 4 is 5.91 Å². The lowest BCUT2D eigenvalue weighted by Gasteiger charge is -2.11. The Morgan fingerprint density at radius 1 is 1.25 bits per heavy atom. The molecule has 1 saturated carbocycles. The topological polar surface area (TPSA) is 52.9 Å². The van der Waals surface area contributed by atoms with Crippen LogP contribution in [0.3, 0.4) is 0 Å². The van der Waals surface area contributed by atoms with Crippen LogP contribution in [-0.4, -0.2) is 11.9 Å². The highest BCUT2D eigenvalue weighted by Crippen LogP contribution is 2.18. The number of hydrogen-bond donors (Lipinski definition) is 1. The first-order valence-electron chi connectivity index (χ1n) is 5.60. The summed E-state index contributed by atoms with van der Waals surface area (Å²) in [5, 5.41) is 11.7. The molecule has 0 bridgehead atoms. The second-order valence-electron chi connectivity index (χ2n) is 4.14. The van der Waals surface area contributed by atoms with E-state index in [0.29, 0.717) is 17.2 Å². The summed E-state index contributed by atoms with van der Waals surface area (Å²) in [6.45, 7) is 0. The van der Waals surface area contributed by atoms with E-state index in [1.165, 1.54) is 12.8 Å². The standard InChI is InChI=1S/C13H14N2O/c14-9-10-5-7-11(8-6-10)13(16)15-12-3-1-2-4-12/h5-8,12H,1-4H2,(H,15,16). The lowest BCUT2D eigenvalue weighted by molar-refractivity contribution is 0.0938. The molecule has 0 aliphatic heterocycles. The maximum atomic E-state index is 11.8. The average Bonchev–Trinajstić information content (AvgIpc) is 2.82. The Hall–Kier alpha value is -1.82. The summed E-state index contributed by atoms with van der Waals surface area (Å²) < 4.78 is 0. The molecule has 3 heteroatoms. The molecule has 0 heterocycles. The first-order chi connectivity index (χ1) is 7.79. The number of hydrogen-bond acceptors (Lipinski definition) is 2. The molecule has 0 unspecified atom stereocenters. The van der Waals surface area contributed by atoms with Gasteiger partial charge >= 0.3 is 0 Å². The van der Waals surface area contributed by atoms with E-state index in [0.717, 1.165) is 12.8 Å². The van der Waals surface area contributed by atoms with Crippen LogP contribution in [0.5, 0.6) is 0 Å². The monoisotopic (exact) mass is 214 g/mol. The second-order valence-corrected chi connectivity index (χ2v) is 4.14. The van der Waals surface area contributed by atoms with Crippen molar-refractivity contribution in [3.63, 3.8) is 0 Å². The van der Waals surface area contributed by atoms with Crippen LogP contribution in [0, 0.1) is 11.3 Å². The maximum absolute atomic E-state index is 11.8. The van der Waals surface area contributed by atoms with Crippen LogP contribution in [0.25, 0.3) is 0 Å². The van der Waals surface area contributed by atoms with Crippen molar-refractivity contribution in [2.45, 2.75) is 31.7 Å². The van der Waals surface area contributed by atoms with Gasteiger partial charge in [-0.1, -0.05) is 12.8 Å². The Bertz CT molecular complexity index is 411. The van der Waals surface area contributed by atoms with Crippen molar-refractivity contribution in [3.8, 4) is 6.07 Å². The van der Waals surface area contributed by atoms with Gasteiger partial charge in [0.25, 0.3) is 5.91 Å². The fourth-order valence-corrected chi connectivity index (χ4v) is 2.04. The zero-order valence-corrected chi connectivity index (χ0v) is 9.07. The molecule has 2 rings (SSSR count). The third kappa shape index (κ3) is 2.40. The van der Waals surface area contributed by atoms with Crippen molar-refractivity contribution in [1.29, 1.82) is 5.26 Å². The van der Waals surface area contributed by atoms with Crippen molar-refractivity contribution in [2.75, 3.05) is 0 Å². The van der Waals surface area contributed by atoms with Gasteiger partial charge in [-0.25, -0.2) is 0 Å². The van der Waals surface area contributed by atoms with Gasteiger partial charge in [0.1, 0.15) is 0 Å². The minimum Gasteiger partial charge on any atom is -0.349 e. The molecule has 0 radical (unpaired) electrons. The van der Waals surface area contributed by atoms with Crippen LogP contribution in [0.15, 0.2) is 24.3 Å². The third-order valence-electron chi connectivity index (χ3n) is 2.97. The van der Waals surface area contributed by atoms with Gasteiger partial charge in [-0.3, -0.25) is 4.79 Å². The zero-order chi connectivity index (χ0) is 11.4. The van der Waals surface area contributed by atoms with Gasteiger partial charge < -0.3 is 5.32 Å². The molecule has 82 valence electrons.